The number of aromatic nitrogens is 2. The molecule has 1 heterocycles. The Balaban J connectivity index is 2.16. The van der Waals surface area contributed by atoms with Crippen LogP contribution in [0.3, 0.4) is 0 Å². The topological polar surface area (TPSA) is 74.2 Å². The number of nitrogens with two attached hydrogens (primary N) is 1. The number of hydrogen-bond acceptors (Lipinski definition) is 5. The minimum atomic E-state index is -0.426. The van der Waals surface area contributed by atoms with Gasteiger partial charge >= 0.3 is 0 Å². The van der Waals surface area contributed by atoms with E-state index in [0.717, 1.165) is 12.8 Å². The molecule has 0 aliphatic heterocycles. The summed E-state index contributed by atoms with van der Waals surface area (Å²) in [5.74, 6) is 0.618. The molecule has 2 aromatic rings. The van der Waals surface area contributed by atoms with E-state index in [2.05, 4.69) is 17.1 Å². The summed E-state index contributed by atoms with van der Waals surface area (Å²) in [5.41, 5.74) is 6.57. The third-order valence-corrected chi connectivity index (χ3v) is 2.97. The van der Waals surface area contributed by atoms with Crippen LogP contribution in [0, 0.1) is 5.82 Å². The molecule has 0 radical (unpaired) electrons. The molecule has 5 nitrogen and oxygen atoms in total. The third kappa shape index (κ3) is 3.33. The maximum absolute atomic E-state index is 13.3. The normalized spacial score (nSPS) is 12.4. The van der Waals surface area contributed by atoms with Gasteiger partial charge < -0.3 is 15.0 Å². The monoisotopic (exact) mass is 279 g/mol. The van der Waals surface area contributed by atoms with Crippen LogP contribution in [0.15, 0.2) is 22.7 Å². The molecule has 0 spiro atoms. The van der Waals surface area contributed by atoms with Gasteiger partial charge in [-0.2, -0.15) is 4.98 Å². The summed E-state index contributed by atoms with van der Waals surface area (Å²) in [6, 6.07) is 4.44. The molecule has 20 heavy (non-hydrogen) atoms. The lowest BCUT2D eigenvalue weighted by atomic mass is 10.1. The second-order valence-electron chi connectivity index (χ2n) is 4.61. The van der Waals surface area contributed by atoms with E-state index < -0.39 is 5.82 Å². The third-order valence-electron chi connectivity index (χ3n) is 2.97. The number of benzene rings is 1. The Morgan fingerprint density at radius 1 is 1.45 bits per heavy atom. The Morgan fingerprint density at radius 2 is 2.25 bits per heavy atom. The standard InChI is InChI=1S/C14H18FN3O2/c1-3-4-10(16)8-13-17-14(18-20-13)9-5-6-11(15)12(7-9)19-2/h5-7,10H,3-4,8,16H2,1-2H3. The summed E-state index contributed by atoms with van der Waals surface area (Å²) in [6.07, 6.45) is 2.46. The van der Waals surface area contributed by atoms with Gasteiger partial charge in [-0.1, -0.05) is 18.5 Å². The SMILES string of the molecule is CCCC(N)Cc1nc(-c2ccc(F)c(OC)c2)no1. The molecule has 0 saturated carbocycles. The predicted octanol–water partition coefficient (Wildman–Crippen LogP) is 2.55. The number of halogens is 1. The van der Waals surface area contributed by atoms with Gasteiger partial charge in [-0.05, 0) is 24.6 Å². The van der Waals surface area contributed by atoms with Gasteiger partial charge in [-0.15, -0.1) is 0 Å². The van der Waals surface area contributed by atoms with Crippen LogP contribution in [0.4, 0.5) is 4.39 Å². The Bertz CT molecular complexity index is 571. The van der Waals surface area contributed by atoms with Crippen LogP contribution in [-0.2, 0) is 6.42 Å². The molecule has 2 rings (SSSR count). The fourth-order valence-corrected chi connectivity index (χ4v) is 1.95. The fourth-order valence-electron chi connectivity index (χ4n) is 1.95. The van der Waals surface area contributed by atoms with Gasteiger partial charge in [-0.25, -0.2) is 4.39 Å². The highest BCUT2D eigenvalue weighted by molar-refractivity contribution is 5.57. The van der Waals surface area contributed by atoms with E-state index in [4.69, 9.17) is 15.0 Å². The van der Waals surface area contributed by atoms with Crippen LogP contribution in [0.25, 0.3) is 11.4 Å². The number of rotatable bonds is 6. The van der Waals surface area contributed by atoms with Gasteiger partial charge in [0.25, 0.3) is 0 Å². The molecule has 1 unspecified atom stereocenters. The Hall–Kier alpha value is -1.95. The molecule has 2 N–H and O–H groups in total. The van der Waals surface area contributed by atoms with E-state index in [0.29, 0.717) is 23.7 Å². The first-order chi connectivity index (χ1) is 9.63. The maximum Gasteiger partial charge on any atom is 0.228 e. The molecule has 0 saturated heterocycles. The molecule has 1 atom stereocenters. The summed E-state index contributed by atoms with van der Waals surface area (Å²) < 4.78 is 23.4. The first-order valence-electron chi connectivity index (χ1n) is 6.56. The lowest BCUT2D eigenvalue weighted by Gasteiger charge is -2.05. The van der Waals surface area contributed by atoms with Crippen LogP contribution in [0.1, 0.15) is 25.7 Å². The molecule has 1 aromatic carbocycles. The van der Waals surface area contributed by atoms with Gasteiger partial charge in [0.2, 0.25) is 11.7 Å². The van der Waals surface area contributed by atoms with Gasteiger partial charge in [-0.3, -0.25) is 0 Å². The minimum Gasteiger partial charge on any atom is -0.494 e. The zero-order valence-electron chi connectivity index (χ0n) is 11.6. The van der Waals surface area contributed by atoms with Crippen LogP contribution in [-0.4, -0.2) is 23.3 Å². The van der Waals surface area contributed by atoms with Crippen molar-refractivity contribution in [2.45, 2.75) is 32.2 Å². The van der Waals surface area contributed by atoms with Crippen LogP contribution >= 0.6 is 0 Å². The van der Waals surface area contributed by atoms with Crippen LogP contribution in [0.2, 0.25) is 0 Å². The molecular formula is C14H18FN3O2. The average Bonchev–Trinajstić information content (AvgIpc) is 2.88. The molecule has 6 heteroatoms. The zero-order valence-corrected chi connectivity index (χ0v) is 11.6. The molecule has 0 aliphatic carbocycles. The lowest BCUT2D eigenvalue weighted by Crippen LogP contribution is -2.22. The average molecular weight is 279 g/mol. The van der Waals surface area contributed by atoms with E-state index in [1.807, 2.05) is 0 Å². The van der Waals surface area contributed by atoms with E-state index in [-0.39, 0.29) is 11.8 Å². The maximum atomic E-state index is 13.3. The van der Waals surface area contributed by atoms with Crippen molar-refractivity contribution in [3.05, 3.63) is 29.9 Å². The zero-order chi connectivity index (χ0) is 14.5. The number of methoxy groups -OCH3 is 1. The van der Waals surface area contributed by atoms with Crippen LogP contribution in [0.5, 0.6) is 5.75 Å². The minimum absolute atomic E-state index is 0.0102. The number of nitrogens with zero attached hydrogens (tertiary/aromatic N) is 2. The first kappa shape index (κ1) is 14.5. The fraction of sp³-hybridized carbons (Fsp3) is 0.429. The molecular weight excluding hydrogens is 261 g/mol. The molecule has 0 fully saturated rings. The first-order valence-corrected chi connectivity index (χ1v) is 6.56. The van der Waals surface area contributed by atoms with Crippen molar-refractivity contribution >= 4 is 0 Å². The molecule has 0 aliphatic rings. The largest absolute Gasteiger partial charge is 0.494 e. The van der Waals surface area contributed by atoms with Crippen molar-refractivity contribution in [2.24, 2.45) is 5.73 Å². The second kappa shape index (κ2) is 6.47. The summed E-state index contributed by atoms with van der Waals surface area (Å²) in [6.45, 7) is 2.07. The Kier molecular flexibility index (Phi) is 4.68. The molecule has 0 bridgehead atoms. The van der Waals surface area contributed by atoms with Crippen molar-refractivity contribution in [1.29, 1.82) is 0 Å². The van der Waals surface area contributed by atoms with Gasteiger partial charge in [0.15, 0.2) is 11.6 Å². The predicted molar refractivity (Wildman–Crippen MR) is 72.8 cm³/mol. The quantitative estimate of drug-likeness (QED) is 0.879. The highest BCUT2D eigenvalue weighted by atomic mass is 19.1. The van der Waals surface area contributed by atoms with Gasteiger partial charge in [0, 0.05) is 18.0 Å². The van der Waals surface area contributed by atoms with Gasteiger partial charge in [0.1, 0.15) is 0 Å². The van der Waals surface area contributed by atoms with E-state index in [9.17, 15) is 4.39 Å². The van der Waals surface area contributed by atoms with E-state index in [1.165, 1.54) is 19.2 Å². The summed E-state index contributed by atoms with van der Waals surface area (Å²) in [5, 5.41) is 3.89. The highest BCUT2D eigenvalue weighted by Crippen LogP contribution is 2.24. The van der Waals surface area contributed by atoms with Crippen LogP contribution < -0.4 is 10.5 Å². The number of hydrogen-bond donors (Lipinski definition) is 1. The van der Waals surface area contributed by atoms with Crippen molar-refractivity contribution < 1.29 is 13.7 Å². The summed E-state index contributed by atoms with van der Waals surface area (Å²) >= 11 is 0. The summed E-state index contributed by atoms with van der Waals surface area (Å²) in [7, 11) is 1.41. The molecule has 108 valence electrons. The smallest absolute Gasteiger partial charge is 0.228 e. The number of ether oxygens (including phenoxy) is 1. The van der Waals surface area contributed by atoms with Crippen molar-refractivity contribution in [2.75, 3.05) is 7.11 Å². The second-order valence-corrected chi connectivity index (χ2v) is 4.61. The van der Waals surface area contributed by atoms with Gasteiger partial charge in [0.05, 0.1) is 7.11 Å². The Labute approximate surface area is 116 Å². The highest BCUT2D eigenvalue weighted by Gasteiger charge is 2.13. The van der Waals surface area contributed by atoms with Crippen molar-refractivity contribution in [3.8, 4) is 17.1 Å². The van der Waals surface area contributed by atoms with E-state index in [1.54, 1.807) is 6.07 Å². The van der Waals surface area contributed by atoms with Crippen molar-refractivity contribution in [1.82, 2.24) is 10.1 Å². The van der Waals surface area contributed by atoms with E-state index >= 15 is 0 Å². The Morgan fingerprint density at radius 3 is 2.95 bits per heavy atom. The molecule has 0 amide bonds. The lowest BCUT2D eigenvalue weighted by molar-refractivity contribution is 0.366. The molecule has 1 aromatic heterocycles. The van der Waals surface area contributed by atoms with Crippen molar-refractivity contribution in [3.63, 3.8) is 0 Å². The summed E-state index contributed by atoms with van der Waals surface area (Å²) in [4.78, 5) is 4.27.